The Morgan fingerprint density at radius 2 is 1.90 bits per heavy atom. The van der Waals surface area contributed by atoms with Gasteiger partial charge >= 0.3 is 0 Å². The summed E-state index contributed by atoms with van der Waals surface area (Å²) in [4.78, 5) is 0. The van der Waals surface area contributed by atoms with Crippen LogP contribution in [-0.4, -0.2) is 11.7 Å². The molecule has 0 saturated heterocycles. The van der Waals surface area contributed by atoms with E-state index < -0.39 is 6.10 Å². The molecule has 0 spiro atoms. The molecule has 2 nitrogen and oxygen atoms in total. The van der Waals surface area contributed by atoms with Crippen molar-refractivity contribution in [3.8, 4) is 5.75 Å². The topological polar surface area (TPSA) is 29.5 Å². The molecule has 4 heteroatoms. The zero-order chi connectivity index (χ0) is 15.2. The van der Waals surface area contributed by atoms with E-state index in [0.717, 1.165) is 23.3 Å². The molecule has 112 valence electrons. The number of aliphatic hydroxyl groups excluding tert-OH is 1. The summed E-state index contributed by atoms with van der Waals surface area (Å²) in [5, 5.41) is 11.4. The van der Waals surface area contributed by atoms with Gasteiger partial charge in [-0.05, 0) is 35.7 Å². The molecule has 0 bridgehead atoms. The zero-order valence-electron chi connectivity index (χ0n) is 11.9. The van der Waals surface area contributed by atoms with E-state index in [-0.39, 0.29) is 0 Å². The van der Waals surface area contributed by atoms with Gasteiger partial charge in [-0.3, -0.25) is 0 Å². The second-order valence-electron chi connectivity index (χ2n) is 4.85. The molecule has 0 aliphatic heterocycles. The summed E-state index contributed by atoms with van der Waals surface area (Å²) in [6.45, 7) is 2.72. The largest absolute Gasteiger partial charge is 0.494 e. The average Bonchev–Trinajstić information content (AvgIpc) is 2.50. The minimum Gasteiger partial charge on any atom is -0.494 e. The first-order chi connectivity index (χ1) is 10.1. The molecule has 0 heterocycles. The molecule has 1 atom stereocenters. The van der Waals surface area contributed by atoms with Gasteiger partial charge in [-0.15, -0.1) is 0 Å². The van der Waals surface area contributed by atoms with Crippen LogP contribution in [-0.2, 0) is 6.42 Å². The summed E-state index contributed by atoms with van der Waals surface area (Å²) in [5.41, 5.74) is 1.64. The third kappa shape index (κ3) is 4.37. The van der Waals surface area contributed by atoms with E-state index in [0.29, 0.717) is 23.1 Å². The Balaban J connectivity index is 2.12. The van der Waals surface area contributed by atoms with Gasteiger partial charge in [0.15, 0.2) is 0 Å². The molecule has 2 rings (SSSR count). The third-order valence-corrected chi connectivity index (χ3v) is 4.02. The van der Waals surface area contributed by atoms with E-state index in [9.17, 15) is 5.11 Å². The molecule has 2 aromatic rings. The van der Waals surface area contributed by atoms with Gasteiger partial charge in [0.25, 0.3) is 0 Å². The minimum absolute atomic E-state index is 0.413. The number of benzene rings is 2. The maximum absolute atomic E-state index is 10.4. The fourth-order valence-electron chi connectivity index (χ4n) is 2.06. The first kappa shape index (κ1) is 16.2. The summed E-state index contributed by atoms with van der Waals surface area (Å²) >= 11 is 12.1. The first-order valence-corrected chi connectivity index (χ1v) is 7.71. The Hall–Kier alpha value is -1.22. The van der Waals surface area contributed by atoms with Gasteiger partial charge in [-0.25, -0.2) is 0 Å². The van der Waals surface area contributed by atoms with Crippen LogP contribution in [0.4, 0.5) is 0 Å². The van der Waals surface area contributed by atoms with E-state index in [1.165, 1.54) is 0 Å². The van der Waals surface area contributed by atoms with Crippen molar-refractivity contribution in [2.45, 2.75) is 25.9 Å². The Morgan fingerprint density at radius 1 is 1.14 bits per heavy atom. The summed E-state index contributed by atoms with van der Waals surface area (Å²) in [5.74, 6) is 0.769. The van der Waals surface area contributed by atoms with Crippen molar-refractivity contribution in [1.82, 2.24) is 0 Å². The van der Waals surface area contributed by atoms with Crippen molar-refractivity contribution in [2.24, 2.45) is 0 Å². The number of rotatable bonds is 6. The normalized spacial score (nSPS) is 12.2. The first-order valence-electron chi connectivity index (χ1n) is 6.95. The van der Waals surface area contributed by atoms with Crippen molar-refractivity contribution in [3.63, 3.8) is 0 Å². The number of hydrogen-bond donors (Lipinski definition) is 1. The SMILES string of the molecule is CCCOc1cccc(C(O)Cc2cccc(Cl)c2Cl)c1. The van der Waals surface area contributed by atoms with Crippen LogP contribution in [0.5, 0.6) is 5.75 Å². The number of aliphatic hydroxyl groups is 1. The average molecular weight is 325 g/mol. The van der Waals surface area contributed by atoms with Crippen LogP contribution in [0.25, 0.3) is 0 Å². The van der Waals surface area contributed by atoms with Gasteiger partial charge in [0, 0.05) is 6.42 Å². The van der Waals surface area contributed by atoms with Crippen LogP contribution in [0.3, 0.4) is 0 Å². The molecular formula is C17H18Cl2O2. The summed E-state index contributed by atoms with van der Waals surface area (Å²) in [6, 6.07) is 12.9. The predicted molar refractivity (Wildman–Crippen MR) is 87.4 cm³/mol. The Kier molecular flexibility index (Phi) is 5.92. The fourth-order valence-corrected chi connectivity index (χ4v) is 2.46. The van der Waals surface area contributed by atoms with Crippen molar-refractivity contribution >= 4 is 23.2 Å². The van der Waals surface area contributed by atoms with Crippen molar-refractivity contribution in [2.75, 3.05) is 6.61 Å². The van der Waals surface area contributed by atoms with Crippen molar-refractivity contribution in [1.29, 1.82) is 0 Å². The smallest absolute Gasteiger partial charge is 0.119 e. The lowest BCUT2D eigenvalue weighted by molar-refractivity contribution is 0.178. The zero-order valence-corrected chi connectivity index (χ0v) is 13.4. The number of ether oxygens (including phenoxy) is 1. The highest BCUT2D eigenvalue weighted by molar-refractivity contribution is 6.42. The van der Waals surface area contributed by atoms with E-state index >= 15 is 0 Å². The van der Waals surface area contributed by atoms with Crippen LogP contribution < -0.4 is 4.74 Å². The lowest BCUT2D eigenvalue weighted by Gasteiger charge is -2.14. The maximum atomic E-state index is 10.4. The molecule has 0 radical (unpaired) electrons. The van der Waals surface area contributed by atoms with Crippen molar-refractivity contribution < 1.29 is 9.84 Å². The summed E-state index contributed by atoms with van der Waals surface area (Å²) in [7, 11) is 0. The second-order valence-corrected chi connectivity index (χ2v) is 5.64. The lowest BCUT2D eigenvalue weighted by Crippen LogP contribution is -2.03. The quantitative estimate of drug-likeness (QED) is 0.804. The lowest BCUT2D eigenvalue weighted by atomic mass is 10.0. The molecule has 0 aromatic heterocycles. The van der Waals surface area contributed by atoms with Gasteiger partial charge < -0.3 is 9.84 Å². The number of halogens is 2. The Morgan fingerprint density at radius 3 is 2.67 bits per heavy atom. The van der Waals surface area contributed by atoms with E-state index in [1.54, 1.807) is 6.07 Å². The van der Waals surface area contributed by atoms with Gasteiger partial charge in [0.1, 0.15) is 5.75 Å². The van der Waals surface area contributed by atoms with Gasteiger partial charge in [-0.1, -0.05) is 54.4 Å². The second kappa shape index (κ2) is 7.69. The molecule has 1 unspecified atom stereocenters. The molecule has 0 saturated carbocycles. The Bertz CT molecular complexity index is 599. The fraction of sp³-hybridized carbons (Fsp3) is 0.294. The molecule has 1 N–H and O–H groups in total. The molecule has 0 fully saturated rings. The van der Waals surface area contributed by atoms with E-state index in [2.05, 4.69) is 6.92 Å². The van der Waals surface area contributed by atoms with Crippen molar-refractivity contribution in [3.05, 3.63) is 63.6 Å². The van der Waals surface area contributed by atoms with E-state index in [1.807, 2.05) is 36.4 Å². The van der Waals surface area contributed by atoms with Crippen LogP contribution in [0, 0.1) is 0 Å². The van der Waals surface area contributed by atoms with Crippen LogP contribution in [0.1, 0.15) is 30.6 Å². The van der Waals surface area contributed by atoms with Crippen LogP contribution in [0.15, 0.2) is 42.5 Å². The standard InChI is InChI=1S/C17H18Cl2O2/c1-2-9-21-14-7-3-5-12(10-14)16(20)11-13-6-4-8-15(18)17(13)19/h3-8,10,16,20H,2,9,11H2,1H3. The third-order valence-electron chi connectivity index (χ3n) is 3.16. The molecule has 0 aliphatic carbocycles. The van der Waals surface area contributed by atoms with Crippen LogP contribution >= 0.6 is 23.2 Å². The molecule has 0 amide bonds. The van der Waals surface area contributed by atoms with Gasteiger partial charge in [0.2, 0.25) is 0 Å². The molecule has 21 heavy (non-hydrogen) atoms. The predicted octanol–water partition coefficient (Wildman–Crippen LogP) is 5.06. The Labute approximate surface area is 135 Å². The van der Waals surface area contributed by atoms with Gasteiger partial charge in [0.05, 0.1) is 22.8 Å². The van der Waals surface area contributed by atoms with E-state index in [4.69, 9.17) is 27.9 Å². The number of hydrogen-bond acceptors (Lipinski definition) is 2. The summed E-state index contributed by atoms with van der Waals surface area (Å²) in [6.07, 6.45) is 0.716. The molecule has 0 aliphatic rings. The molecular weight excluding hydrogens is 307 g/mol. The van der Waals surface area contributed by atoms with Gasteiger partial charge in [-0.2, -0.15) is 0 Å². The maximum Gasteiger partial charge on any atom is 0.119 e. The monoisotopic (exact) mass is 324 g/mol. The summed E-state index contributed by atoms with van der Waals surface area (Å²) < 4.78 is 5.58. The highest BCUT2D eigenvalue weighted by Gasteiger charge is 2.13. The highest BCUT2D eigenvalue weighted by atomic mass is 35.5. The minimum atomic E-state index is -0.647. The highest BCUT2D eigenvalue weighted by Crippen LogP contribution is 2.30. The molecule has 2 aromatic carbocycles. The van der Waals surface area contributed by atoms with Crippen LogP contribution in [0.2, 0.25) is 10.0 Å².